The molecule has 0 aromatic rings. The molecule has 4 rings (SSSR count). The van der Waals surface area contributed by atoms with Crippen LogP contribution in [0.5, 0.6) is 0 Å². The van der Waals surface area contributed by atoms with E-state index in [1.54, 1.807) is 6.08 Å². The Bertz CT molecular complexity index is 793. The number of hydrogen-bond donors (Lipinski definition) is 2. The molecule has 0 radical (unpaired) electrons. The highest BCUT2D eigenvalue weighted by molar-refractivity contribution is 5.87. The van der Waals surface area contributed by atoms with Crippen LogP contribution in [0.15, 0.2) is 17.3 Å². The van der Waals surface area contributed by atoms with Gasteiger partial charge in [-0.2, -0.15) is 0 Å². The van der Waals surface area contributed by atoms with Gasteiger partial charge in [0.15, 0.2) is 0 Å². The number of rotatable bonds is 7. The maximum Gasteiger partial charge on any atom is 0.243 e. The highest BCUT2D eigenvalue weighted by atomic mass is 16.3. The molecule has 1 amide bonds. The van der Waals surface area contributed by atoms with Crippen LogP contribution in [0.3, 0.4) is 0 Å². The molecule has 0 saturated heterocycles. The van der Waals surface area contributed by atoms with E-state index in [9.17, 15) is 9.90 Å². The summed E-state index contributed by atoms with van der Waals surface area (Å²) in [4.78, 5) is 14.4. The number of aliphatic hydroxyl groups is 1. The molecule has 33 heavy (non-hydrogen) atoms. The fourth-order valence-corrected chi connectivity index (χ4v) is 9.17. The van der Waals surface area contributed by atoms with Crippen LogP contribution < -0.4 is 5.32 Å². The molecule has 6 nitrogen and oxygen atoms in total. The Balaban J connectivity index is 1.35. The van der Waals surface area contributed by atoms with E-state index in [1.165, 1.54) is 44.9 Å². The van der Waals surface area contributed by atoms with E-state index in [2.05, 4.69) is 36.1 Å². The fourth-order valence-electron chi connectivity index (χ4n) is 9.17. The molecule has 0 aliphatic heterocycles. The van der Waals surface area contributed by atoms with E-state index in [0.29, 0.717) is 16.7 Å². The monoisotopic (exact) mass is 456 g/mol. The minimum atomic E-state index is -0.194. The minimum Gasteiger partial charge on any atom is -0.393 e. The van der Waals surface area contributed by atoms with Crippen molar-refractivity contribution in [3.05, 3.63) is 22.6 Å². The lowest BCUT2D eigenvalue weighted by molar-refractivity contribution is -0.129. The molecule has 4 aliphatic carbocycles. The smallest absolute Gasteiger partial charge is 0.243 e. The lowest BCUT2D eigenvalue weighted by Crippen LogP contribution is -2.54. The number of carbonyl (C=O) groups excluding carboxylic acids is 1. The zero-order valence-corrected chi connectivity index (χ0v) is 20.9. The molecule has 0 aromatic carbocycles. The average molecular weight is 457 g/mol. The van der Waals surface area contributed by atoms with Crippen molar-refractivity contribution in [2.24, 2.45) is 51.5 Å². The maximum absolute atomic E-state index is 11.7. The quantitative estimate of drug-likeness (QED) is 0.201. The third-order valence-electron chi connectivity index (χ3n) is 10.8. The molecule has 0 unspecified atom stereocenters. The summed E-state index contributed by atoms with van der Waals surface area (Å²) in [7, 11) is 0. The highest BCUT2D eigenvalue weighted by Gasteiger charge is 2.60. The van der Waals surface area contributed by atoms with Crippen molar-refractivity contribution in [1.82, 2.24) is 5.32 Å². The maximum atomic E-state index is 11.7. The van der Waals surface area contributed by atoms with Crippen molar-refractivity contribution in [2.75, 3.05) is 6.67 Å². The fraction of sp³-hybridized carbons (Fsp3) is 0.889. The Morgan fingerprint density at radius 1 is 1.15 bits per heavy atom. The van der Waals surface area contributed by atoms with Gasteiger partial charge in [0.1, 0.15) is 0 Å². The van der Waals surface area contributed by atoms with Crippen molar-refractivity contribution in [1.29, 1.82) is 0 Å². The summed E-state index contributed by atoms with van der Waals surface area (Å²) in [6, 6.07) is 0. The third kappa shape index (κ3) is 4.71. The number of carbonyl (C=O) groups is 1. The zero-order chi connectivity index (χ0) is 23.6. The van der Waals surface area contributed by atoms with Gasteiger partial charge in [-0.05, 0) is 129 Å². The molecule has 184 valence electrons. The first-order valence-electron chi connectivity index (χ1n) is 13.4. The summed E-state index contributed by atoms with van der Waals surface area (Å²) >= 11 is 0. The Morgan fingerprint density at radius 2 is 1.91 bits per heavy atom. The second-order valence-corrected chi connectivity index (χ2v) is 12.2. The van der Waals surface area contributed by atoms with Crippen LogP contribution in [0.2, 0.25) is 0 Å². The molecule has 6 heteroatoms. The van der Waals surface area contributed by atoms with Crippen LogP contribution in [-0.2, 0) is 4.79 Å². The summed E-state index contributed by atoms with van der Waals surface area (Å²) < 4.78 is 0. The van der Waals surface area contributed by atoms with Gasteiger partial charge in [0, 0.05) is 4.91 Å². The Hall–Kier alpha value is -1.52. The van der Waals surface area contributed by atoms with Gasteiger partial charge < -0.3 is 10.4 Å². The number of allylic oxidation sites excluding steroid dienone is 1. The van der Waals surface area contributed by atoms with E-state index >= 15 is 0 Å². The van der Waals surface area contributed by atoms with Crippen molar-refractivity contribution in [2.45, 2.75) is 97.5 Å². The predicted octanol–water partition coefficient (Wildman–Crippen LogP) is 6.36. The number of amides is 1. The Kier molecular flexibility index (Phi) is 7.45. The molecule has 0 bridgehead atoms. The van der Waals surface area contributed by atoms with E-state index in [1.807, 2.05) is 6.08 Å². The zero-order valence-electron chi connectivity index (χ0n) is 20.9. The van der Waals surface area contributed by atoms with Gasteiger partial charge in [-0.25, -0.2) is 0 Å². The molecule has 0 heterocycles. The molecular formula is C27H44N4O2. The molecular weight excluding hydrogens is 412 g/mol. The first-order valence-corrected chi connectivity index (χ1v) is 13.4. The molecule has 4 fully saturated rings. The molecule has 0 aromatic heterocycles. The van der Waals surface area contributed by atoms with Gasteiger partial charge in [-0.3, -0.25) is 4.79 Å². The van der Waals surface area contributed by atoms with E-state index in [0.717, 1.165) is 55.3 Å². The number of nitrogens with zero attached hydrogens (tertiary/aromatic N) is 3. The van der Waals surface area contributed by atoms with Crippen LogP contribution >= 0.6 is 0 Å². The molecule has 0 spiro atoms. The van der Waals surface area contributed by atoms with E-state index < -0.39 is 0 Å². The number of nitrogens with one attached hydrogen (secondary N) is 1. The van der Waals surface area contributed by atoms with Crippen LogP contribution in [0.25, 0.3) is 10.4 Å². The van der Waals surface area contributed by atoms with Crippen molar-refractivity contribution in [3.8, 4) is 0 Å². The molecule has 9 atom stereocenters. The topological polar surface area (TPSA) is 98.1 Å². The van der Waals surface area contributed by atoms with Crippen molar-refractivity contribution >= 4 is 5.91 Å². The highest BCUT2D eigenvalue weighted by Crippen LogP contribution is 2.68. The Morgan fingerprint density at radius 3 is 2.70 bits per heavy atom. The lowest BCUT2D eigenvalue weighted by atomic mass is 9.44. The summed E-state index contributed by atoms with van der Waals surface area (Å²) in [6.07, 6.45) is 17.0. The van der Waals surface area contributed by atoms with Crippen LogP contribution in [0, 0.1) is 46.3 Å². The second-order valence-electron chi connectivity index (χ2n) is 12.2. The van der Waals surface area contributed by atoms with Crippen molar-refractivity contribution < 1.29 is 9.90 Å². The van der Waals surface area contributed by atoms with Crippen LogP contribution in [-0.4, -0.2) is 23.8 Å². The molecule has 2 N–H and O–H groups in total. The summed E-state index contributed by atoms with van der Waals surface area (Å²) in [5, 5.41) is 16.2. The van der Waals surface area contributed by atoms with E-state index in [-0.39, 0.29) is 18.7 Å². The first kappa shape index (κ1) is 24.6. The van der Waals surface area contributed by atoms with Crippen LogP contribution in [0.1, 0.15) is 91.4 Å². The van der Waals surface area contributed by atoms with E-state index in [4.69, 9.17) is 5.53 Å². The van der Waals surface area contributed by atoms with Crippen molar-refractivity contribution in [3.63, 3.8) is 0 Å². The predicted molar refractivity (Wildman–Crippen MR) is 131 cm³/mol. The lowest BCUT2D eigenvalue weighted by Gasteiger charge is -2.61. The summed E-state index contributed by atoms with van der Waals surface area (Å²) in [5.41, 5.74) is 9.20. The standard InChI is InChI=1S/C27H44N4O2/c1-18(6-4-5-7-25(33)29-17-30-31-28)22-10-11-23-21-9-8-19-16-20(32)12-14-26(19,2)24(21)13-15-27(22,23)3/h5,7,18-24,32H,4,6,8-17H2,1-3H3,(H,29,33)/t18-,19-,20-,21+,22-,23+,24+,26+,27-/m1/s1. The molecule has 4 saturated carbocycles. The average Bonchev–Trinajstić information content (AvgIpc) is 3.14. The largest absolute Gasteiger partial charge is 0.393 e. The minimum absolute atomic E-state index is 0.000424. The first-order chi connectivity index (χ1) is 15.8. The summed E-state index contributed by atoms with van der Waals surface area (Å²) in [6.45, 7) is 7.62. The number of azide groups is 1. The van der Waals surface area contributed by atoms with Gasteiger partial charge in [0.05, 0.1) is 12.8 Å². The number of aliphatic hydroxyl groups excluding tert-OH is 1. The SMILES string of the molecule is C[C@H](CCC=CC(=O)NCN=[N+]=[N-])[C@H]1CC[C@H]2[C@@H]3CC[C@@H]4C[C@H](O)CC[C@]4(C)[C@H]3CC[C@]12C. The Labute approximate surface area is 199 Å². The van der Waals surface area contributed by atoms with Gasteiger partial charge >= 0.3 is 0 Å². The van der Waals surface area contributed by atoms with Gasteiger partial charge in [-0.1, -0.05) is 32.0 Å². The third-order valence-corrected chi connectivity index (χ3v) is 10.8. The normalized spacial score (nSPS) is 43.2. The molecule has 4 aliphatic rings. The summed E-state index contributed by atoms with van der Waals surface area (Å²) in [5.74, 6) is 4.62. The second kappa shape index (κ2) is 10.00. The number of fused-ring (bicyclic) bond motifs is 5. The van der Waals surface area contributed by atoms with Crippen LogP contribution in [0.4, 0.5) is 0 Å². The van der Waals surface area contributed by atoms with Gasteiger partial charge in [0.2, 0.25) is 5.91 Å². The van der Waals surface area contributed by atoms with Gasteiger partial charge in [-0.15, -0.1) is 0 Å². The van der Waals surface area contributed by atoms with Gasteiger partial charge in [0.25, 0.3) is 0 Å². The number of hydrogen-bond acceptors (Lipinski definition) is 3.